The Hall–Kier alpha value is -2.60. The van der Waals surface area contributed by atoms with Crippen LogP contribution < -0.4 is 4.74 Å². The number of fused-ring (bicyclic) bond motifs is 1. The van der Waals surface area contributed by atoms with Gasteiger partial charge in [0.05, 0.1) is 19.0 Å². The van der Waals surface area contributed by atoms with E-state index in [4.69, 9.17) is 4.74 Å². The monoisotopic (exact) mass is 442 g/mol. The molecule has 3 rings (SSSR count). The number of amides is 2. The second kappa shape index (κ2) is 9.06. The normalized spacial score (nSPS) is 15.1. The van der Waals surface area contributed by atoms with Gasteiger partial charge >= 0.3 is 0 Å². The molecule has 0 N–H and O–H groups in total. The van der Waals surface area contributed by atoms with E-state index in [1.807, 2.05) is 54.6 Å². The molecule has 1 aliphatic heterocycles. The van der Waals surface area contributed by atoms with E-state index in [2.05, 4.69) is 15.9 Å². The molecular weight excluding hydrogens is 420 g/mol. The molecule has 1 aliphatic rings. The first-order chi connectivity index (χ1) is 13.5. The Morgan fingerprint density at radius 1 is 1.14 bits per heavy atom. The number of hydrogen-bond donors (Lipinski definition) is 0. The minimum absolute atomic E-state index is 0.0271. The van der Waals surface area contributed by atoms with Crippen LogP contribution in [0.4, 0.5) is 0 Å². The van der Waals surface area contributed by atoms with Gasteiger partial charge in [0.2, 0.25) is 11.8 Å². The van der Waals surface area contributed by atoms with Gasteiger partial charge < -0.3 is 14.5 Å². The molecule has 0 bridgehead atoms. The van der Waals surface area contributed by atoms with E-state index >= 15 is 0 Å². The summed E-state index contributed by atoms with van der Waals surface area (Å²) < 4.78 is 6.69. The fourth-order valence-corrected chi connectivity index (χ4v) is 3.45. The van der Waals surface area contributed by atoms with Crippen LogP contribution >= 0.6 is 15.9 Å². The van der Waals surface area contributed by atoms with Crippen LogP contribution in [-0.2, 0) is 9.59 Å². The van der Waals surface area contributed by atoms with Crippen LogP contribution in [0.3, 0.4) is 0 Å². The number of ether oxygens (including phenoxy) is 1. The molecule has 2 aromatic rings. The number of rotatable bonds is 6. The summed E-state index contributed by atoms with van der Waals surface area (Å²) in [4.78, 5) is 28.1. The first-order valence-electron chi connectivity index (χ1n) is 9.14. The highest BCUT2D eigenvalue weighted by molar-refractivity contribution is 9.10. The topological polar surface area (TPSA) is 49.9 Å². The molecule has 146 valence electrons. The van der Waals surface area contributed by atoms with Crippen molar-refractivity contribution < 1.29 is 14.3 Å². The summed E-state index contributed by atoms with van der Waals surface area (Å²) in [6.45, 7) is 2.39. The summed E-state index contributed by atoms with van der Waals surface area (Å²) in [7, 11) is 1.76. The quantitative estimate of drug-likeness (QED) is 0.671. The largest absolute Gasteiger partial charge is 0.492 e. The van der Waals surface area contributed by atoms with E-state index in [1.54, 1.807) is 23.0 Å². The fraction of sp³-hybridized carbons (Fsp3) is 0.273. The van der Waals surface area contributed by atoms with Crippen molar-refractivity contribution in [3.63, 3.8) is 0 Å². The first-order valence-corrected chi connectivity index (χ1v) is 9.93. The van der Waals surface area contributed by atoms with E-state index in [1.165, 1.54) is 6.92 Å². The van der Waals surface area contributed by atoms with Gasteiger partial charge in [0.25, 0.3) is 0 Å². The van der Waals surface area contributed by atoms with Crippen LogP contribution in [0.25, 0.3) is 6.08 Å². The Morgan fingerprint density at radius 2 is 1.86 bits per heavy atom. The number of halogens is 1. The smallest absolute Gasteiger partial charge is 0.224 e. The Kier molecular flexibility index (Phi) is 6.52. The molecule has 0 spiro atoms. The Morgan fingerprint density at radius 3 is 2.57 bits per heavy atom. The molecule has 0 aliphatic carbocycles. The van der Waals surface area contributed by atoms with Crippen LogP contribution in [0.2, 0.25) is 0 Å². The van der Waals surface area contributed by atoms with E-state index in [9.17, 15) is 9.59 Å². The summed E-state index contributed by atoms with van der Waals surface area (Å²) >= 11 is 3.39. The molecule has 0 unspecified atom stereocenters. The van der Waals surface area contributed by atoms with Gasteiger partial charge in [-0.15, -0.1) is 0 Å². The molecule has 5 nitrogen and oxygen atoms in total. The lowest BCUT2D eigenvalue weighted by Crippen LogP contribution is -2.37. The highest BCUT2D eigenvalue weighted by Crippen LogP contribution is 2.33. The predicted molar refractivity (Wildman–Crippen MR) is 113 cm³/mol. The lowest BCUT2D eigenvalue weighted by molar-refractivity contribution is -0.134. The van der Waals surface area contributed by atoms with Crippen LogP contribution in [0.5, 0.6) is 5.75 Å². The maximum Gasteiger partial charge on any atom is 0.224 e. The highest BCUT2D eigenvalue weighted by atomic mass is 79.9. The second-order valence-electron chi connectivity index (χ2n) is 6.71. The van der Waals surface area contributed by atoms with Crippen molar-refractivity contribution in [3.05, 3.63) is 70.3 Å². The first kappa shape index (κ1) is 20.1. The van der Waals surface area contributed by atoms with Crippen molar-refractivity contribution in [1.82, 2.24) is 9.80 Å². The van der Waals surface area contributed by atoms with E-state index in [0.717, 1.165) is 21.3 Å². The second-order valence-corrected chi connectivity index (χ2v) is 7.62. The average molecular weight is 443 g/mol. The minimum Gasteiger partial charge on any atom is -0.492 e. The van der Waals surface area contributed by atoms with Crippen molar-refractivity contribution in [2.75, 3.05) is 20.2 Å². The van der Waals surface area contributed by atoms with Crippen LogP contribution in [-0.4, -0.2) is 41.8 Å². The third-order valence-electron chi connectivity index (χ3n) is 4.77. The lowest BCUT2D eigenvalue weighted by Gasteiger charge is -2.33. The Balaban J connectivity index is 1.61. The lowest BCUT2D eigenvalue weighted by atomic mass is 9.93. The summed E-state index contributed by atoms with van der Waals surface area (Å²) in [5, 5.41) is 0. The molecule has 6 heteroatoms. The number of nitrogens with zero attached hydrogens (tertiary/aromatic N) is 2. The van der Waals surface area contributed by atoms with Crippen LogP contribution in [0.1, 0.15) is 30.5 Å². The molecule has 2 amide bonds. The van der Waals surface area contributed by atoms with Crippen molar-refractivity contribution in [1.29, 1.82) is 0 Å². The SMILES string of the molecule is CC(=O)N1C=Cc2ccccc2[C@@H]1CC(=O)N(C)CCOc1ccc(Br)cc1. The molecule has 1 atom stereocenters. The van der Waals surface area contributed by atoms with Gasteiger partial charge in [-0.3, -0.25) is 9.59 Å². The maximum atomic E-state index is 12.8. The Bertz CT molecular complexity index is 880. The number of carbonyl (C=O) groups is 2. The Labute approximate surface area is 173 Å². The predicted octanol–water partition coefficient (Wildman–Crippen LogP) is 4.25. The van der Waals surface area contributed by atoms with Crippen LogP contribution in [0, 0.1) is 0 Å². The zero-order chi connectivity index (χ0) is 20.1. The third-order valence-corrected chi connectivity index (χ3v) is 5.30. The molecule has 28 heavy (non-hydrogen) atoms. The number of likely N-dealkylation sites (N-methyl/N-ethyl adjacent to an activating group) is 1. The average Bonchev–Trinajstić information content (AvgIpc) is 2.69. The van der Waals surface area contributed by atoms with Gasteiger partial charge in [-0.25, -0.2) is 0 Å². The molecule has 0 radical (unpaired) electrons. The van der Waals surface area contributed by atoms with Gasteiger partial charge in [0.1, 0.15) is 12.4 Å². The fourth-order valence-electron chi connectivity index (χ4n) is 3.19. The number of hydrogen-bond acceptors (Lipinski definition) is 3. The zero-order valence-corrected chi connectivity index (χ0v) is 17.6. The molecule has 1 heterocycles. The van der Waals surface area contributed by atoms with Gasteiger partial charge in [0.15, 0.2) is 0 Å². The maximum absolute atomic E-state index is 12.8. The highest BCUT2D eigenvalue weighted by Gasteiger charge is 2.29. The zero-order valence-electron chi connectivity index (χ0n) is 16.0. The molecule has 0 fully saturated rings. The van der Waals surface area contributed by atoms with Crippen LogP contribution in [0.15, 0.2) is 59.2 Å². The van der Waals surface area contributed by atoms with E-state index in [0.29, 0.717) is 13.2 Å². The van der Waals surface area contributed by atoms with Gasteiger partial charge in [-0.05, 0) is 41.5 Å². The molecule has 0 aromatic heterocycles. The van der Waals surface area contributed by atoms with Gasteiger partial charge in [-0.2, -0.15) is 0 Å². The van der Waals surface area contributed by atoms with Crippen molar-refractivity contribution in [2.24, 2.45) is 0 Å². The number of carbonyl (C=O) groups excluding carboxylic acids is 2. The minimum atomic E-state index is -0.291. The van der Waals surface area contributed by atoms with Crippen molar-refractivity contribution in [2.45, 2.75) is 19.4 Å². The van der Waals surface area contributed by atoms with Crippen molar-refractivity contribution >= 4 is 33.8 Å². The van der Waals surface area contributed by atoms with E-state index < -0.39 is 0 Å². The van der Waals surface area contributed by atoms with Crippen molar-refractivity contribution in [3.8, 4) is 5.75 Å². The number of benzene rings is 2. The molecule has 2 aromatic carbocycles. The summed E-state index contributed by atoms with van der Waals surface area (Å²) in [5.74, 6) is 0.656. The summed E-state index contributed by atoms with van der Waals surface area (Å²) in [6, 6.07) is 15.1. The molecule has 0 saturated heterocycles. The summed E-state index contributed by atoms with van der Waals surface area (Å²) in [6.07, 6.45) is 3.91. The summed E-state index contributed by atoms with van der Waals surface area (Å²) in [5.41, 5.74) is 2.03. The molecular formula is C22H23BrN2O3. The third kappa shape index (κ3) is 4.81. The van der Waals surface area contributed by atoms with E-state index in [-0.39, 0.29) is 24.3 Å². The van der Waals surface area contributed by atoms with Gasteiger partial charge in [-0.1, -0.05) is 40.2 Å². The van der Waals surface area contributed by atoms with Gasteiger partial charge in [0, 0.05) is 24.6 Å². The standard InChI is InChI=1S/C22H23BrN2O3/c1-16(26)25-12-11-17-5-3-4-6-20(17)21(25)15-22(27)24(2)13-14-28-19-9-7-18(23)8-10-19/h3-12,21H,13-15H2,1-2H3/t21-/m0/s1. The molecule has 0 saturated carbocycles.